The summed E-state index contributed by atoms with van der Waals surface area (Å²) in [5.41, 5.74) is 0.668. The van der Waals surface area contributed by atoms with Crippen LogP contribution in [0.4, 0.5) is 0 Å². The van der Waals surface area contributed by atoms with Gasteiger partial charge in [-0.1, -0.05) is 11.8 Å². The van der Waals surface area contributed by atoms with Crippen molar-refractivity contribution in [2.24, 2.45) is 0 Å². The maximum atomic E-state index is 11.8. The van der Waals surface area contributed by atoms with Crippen molar-refractivity contribution < 1.29 is 23.5 Å². The van der Waals surface area contributed by atoms with Crippen molar-refractivity contribution in [3.05, 3.63) is 18.2 Å². The van der Waals surface area contributed by atoms with E-state index in [1.165, 1.54) is 7.11 Å². The Labute approximate surface area is 161 Å². The average Bonchev–Trinajstić information content (AvgIpc) is 3.12. The smallest absolute Gasteiger partial charge is 0.277 e. The Morgan fingerprint density at radius 1 is 1.15 bits per heavy atom. The van der Waals surface area contributed by atoms with Crippen molar-refractivity contribution in [2.45, 2.75) is 25.1 Å². The van der Waals surface area contributed by atoms with Gasteiger partial charge in [0.15, 0.2) is 11.5 Å². The van der Waals surface area contributed by atoms with Gasteiger partial charge in [-0.3, -0.25) is 9.59 Å². The Hall–Kier alpha value is -2.75. The summed E-state index contributed by atoms with van der Waals surface area (Å²) in [6.45, 7) is 3.63. The molecule has 27 heavy (non-hydrogen) atoms. The van der Waals surface area contributed by atoms with E-state index in [4.69, 9.17) is 13.9 Å². The lowest BCUT2D eigenvalue weighted by Gasteiger charge is -2.08. The Morgan fingerprint density at radius 2 is 1.89 bits per heavy atom. The van der Waals surface area contributed by atoms with Crippen molar-refractivity contribution >= 4 is 23.6 Å². The second kappa shape index (κ2) is 9.81. The molecular weight excluding hydrogens is 372 g/mol. The molecule has 1 aromatic carbocycles. The number of benzene rings is 1. The number of thioether (sulfide) groups is 1. The minimum absolute atomic E-state index is 0.0252. The number of methoxy groups -OCH3 is 2. The van der Waals surface area contributed by atoms with Crippen LogP contribution in [-0.4, -0.2) is 54.6 Å². The third kappa shape index (κ3) is 6.17. The second-order valence-corrected chi connectivity index (χ2v) is 6.66. The molecule has 2 N–H and O–H groups in total. The minimum Gasteiger partial charge on any atom is -0.493 e. The highest BCUT2D eigenvalue weighted by Gasteiger charge is 2.14. The van der Waals surface area contributed by atoms with E-state index in [1.807, 2.05) is 13.8 Å². The van der Waals surface area contributed by atoms with Crippen molar-refractivity contribution in [2.75, 3.05) is 26.5 Å². The normalized spacial score (nSPS) is 10.6. The van der Waals surface area contributed by atoms with Crippen molar-refractivity contribution in [3.8, 4) is 23.0 Å². The van der Waals surface area contributed by atoms with Gasteiger partial charge in [-0.05, 0) is 32.0 Å². The molecule has 0 spiro atoms. The van der Waals surface area contributed by atoms with Gasteiger partial charge >= 0.3 is 0 Å². The van der Waals surface area contributed by atoms with E-state index in [2.05, 4.69) is 20.8 Å². The Kier molecular flexibility index (Phi) is 7.47. The molecule has 0 radical (unpaired) electrons. The van der Waals surface area contributed by atoms with Crippen molar-refractivity contribution in [1.82, 2.24) is 20.8 Å². The summed E-state index contributed by atoms with van der Waals surface area (Å²) in [5, 5.41) is 13.4. The lowest BCUT2D eigenvalue weighted by Crippen LogP contribution is -2.40. The highest BCUT2D eigenvalue weighted by molar-refractivity contribution is 7.99. The molecule has 0 unspecified atom stereocenters. The van der Waals surface area contributed by atoms with Gasteiger partial charge in [0, 0.05) is 11.6 Å². The van der Waals surface area contributed by atoms with Crippen LogP contribution in [0.25, 0.3) is 11.5 Å². The number of hydrogen-bond acceptors (Lipinski definition) is 8. The quantitative estimate of drug-likeness (QED) is 0.615. The molecule has 0 fully saturated rings. The first-order valence-electron chi connectivity index (χ1n) is 8.17. The van der Waals surface area contributed by atoms with E-state index in [1.54, 1.807) is 25.3 Å². The number of nitrogens with zero attached hydrogens (tertiary/aromatic N) is 2. The molecular formula is C17H22N4O5S. The molecule has 2 aromatic rings. The fourth-order valence-electron chi connectivity index (χ4n) is 2.08. The van der Waals surface area contributed by atoms with E-state index < -0.39 is 0 Å². The number of ether oxygens (including phenoxy) is 2. The molecule has 0 bridgehead atoms. The average molecular weight is 394 g/mol. The SMILES string of the molecule is COc1ccc(-c2nnc(SCC(=O)NCC(=O)NC(C)C)o2)cc1OC. The number of carbonyl (C=O) groups is 2. The first-order chi connectivity index (χ1) is 12.9. The Balaban J connectivity index is 1.89. The van der Waals surface area contributed by atoms with Crippen LogP contribution < -0.4 is 20.1 Å². The molecule has 10 heteroatoms. The first kappa shape index (κ1) is 20.6. The Morgan fingerprint density at radius 3 is 2.56 bits per heavy atom. The van der Waals surface area contributed by atoms with Gasteiger partial charge in [-0.2, -0.15) is 0 Å². The zero-order chi connectivity index (χ0) is 19.8. The zero-order valence-electron chi connectivity index (χ0n) is 15.6. The van der Waals surface area contributed by atoms with Crippen LogP contribution in [0.5, 0.6) is 11.5 Å². The summed E-state index contributed by atoms with van der Waals surface area (Å²) < 4.78 is 16.0. The molecule has 9 nitrogen and oxygen atoms in total. The molecule has 0 saturated carbocycles. The van der Waals surface area contributed by atoms with Crippen LogP contribution >= 0.6 is 11.8 Å². The van der Waals surface area contributed by atoms with Crippen molar-refractivity contribution in [1.29, 1.82) is 0 Å². The van der Waals surface area contributed by atoms with Crippen LogP contribution in [0, 0.1) is 0 Å². The van der Waals surface area contributed by atoms with Gasteiger partial charge in [0.1, 0.15) is 0 Å². The second-order valence-electron chi connectivity index (χ2n) is 5.73. The number of amides is 2. The molecule has 1 aromatic heterocycles. The van der Waals surface area contributed by atoms with E-state index in [-0.39, 0.29) is 35.4 Å². The van der Waals surface area contributed by atoms with Crippen molar-refractivity contribution in [3.63, 3.8) is 0 Å². The van der Waals surface area contributed by atoms with Crippen LogP contribution in [0.1, 0.15) is 13.8 Å². The first-order valence-corrected chi connectivity index (χ1v) is 9.16. The summed E-state index contributed by atoms with van der Waals surface area (Å²) in [4.78, 5) is 23.3. The van der Waals surface area contributed by atoms with Gasteiger partial charge in [-0.25, -0.2) is 0 Å². The molecule has 0 atom stereocenters. The lowest BCUT2D eigenvalue weighted by molar-refractivity contribution is -0.125. The lowest BCUT2D eigenvalue weighted by atomic mass is 10.2. The van der Waals surface area contributed by atoms with E-state index in [9.17, 15) is 9.59 Å². The maximum absolute atomic E-state index is 11.8. The van der Waals surface area contributed by atoms with Gasteiger partial charge in [-0.15, -0.1) is 10.2 Å². The fourth-order valence-corrected chi connectivity index (χ4v) is 2.68. The molecule has 2 amide bonds. The number of hydrogen-bond donors (Lipinski definition) is 2. The van der Waals surface area contributed by atoms with Crippen LogP contribution in [0.2, 0.25) is 0 Å². The number of aromatic nitrogens is 2. The summed E-state index contributed by atoms with van der Waals surface area (Å²) >= 11 is 1.09. The standard InChI is InChI=1S/C17H22N4O5S/c1-10(2)19-14(22)8-18-15(23)9-27-17-21-20-16(26-17)11-5-6-12(24-3)13(7-11)25-4/h5-7,10H,8-9H2,1-4H3,(H,18,23)(H,19,22). The van der Waals surface area contributed by atoms with Gasteiger partial charge in [0.25, 0.3) is 5.22 Å². The largest absolute Gasteiger partial charge is 0.493 e. The molecule has 1 heterocycles. The fraction of sp³-hybridized carbons (Fsp3) is 0.412. The maximum Gasteiger partial charge on any atom is 0.277 e. The number of nitrogens with one attached hydrogen (secondary N) is 2. The summed E-state index contributed by atoms with van der Waals surface area (Å²) in [6.07, 6.45) is 0. The minimum atomic E-state index is -0.301. The predicted molar refractivity (Wildman–Crippen MR) is 99.9 cm³/mol. The molecule has 146 valence electrons. The number of carbonyl (C=O) groups excluding carboxylic acids is 2. The van der Waals surface area contributed by atoms with E-state index >= 15 is 0 Å². The Bertz CT molecular complexity index is 793. The molecule has 0 saturated heterocycles. The zero-order valence-corrected chi connectivity index (χ0v) is 16.4. The number of rotatable bonds is 9. The van der Waals surface area contributed by atoms with Gasteiger partial charge in [0.2, 0.25) is 17.7 Å². The van der Waals surface area contributed by atoms with E-state index in [0.717, 1.165) is 11.8 Å². The summed E-state index contributed by atoms with van der Waals surface area (Å²) in [7, 11) is 3.09. The highest BCUT2D eigenvalue weighted by atomic mass is 32.2. The molecule has 0 aliphatic heterocycles. The molecule has 0 aliphatic carbocycles. The topological polar surface area (TPSA) is 116 Å². The van der Waals surface area contributed by atoms with Gasteiger partial charge in [0.05, 0.1) is 26.5 Å². The third-order valence-electron chi connectivity index (χ3n) is 3.26. The monoisotopic (exact) mass is 394 g/mol. The van der Waals surface area contributed by atoms with Crippen LogP contribution in [-0.2, 0) is 9.59 Å². The summed E-state index contributed by atoms with van der Waals surface area (Å²) in [5.74, 6) is 0.953. The predicted octanol–water partition coefficient (Wildman–Crippen LogP) is 1.49. The highest BCUT2D eigenvalue weighted by Crippen LogP contribution is 2.32. The molecule has 2 rings (SSSR count). The van der Waals surface area contributed by atoms with Gasteiger partial charge < -0.3 is 24.5 Å². The third-order valence-corrected chi connectivity index (χ3v) is 4.08. The van der Waals surface area contributed by atoms with Crippen LogP contribution in [0.3, 0.4) is 0 Å². The molecule has 0 aliphatic rings. The summed E-state index contributed by atoms with van der Waals surface area (Å²) in [6, 6.07) is 5.25. The van der Waals surface area contributed by atoms with Crippen LogP contribution in [0.15, 0.2) is 27.8 Å². The van der Waals surface area contributed by atoms with E-state index in [0.29, 0.717) is 23.0 Å².